The molecule has 1 saturated carbocycles. The summed E-state index contributed by atoms with van der Waals surface area (Å²) in [4.78, 5) is 23.6. The van der Waals surface area contributed by atoms with Crippen molar-refractivity contribution in [2.24, 2.45) is 17.8 Å². The van der Waals surface area contributed by atoms with Gasteiger partial charge in [0.1, 0.15) is 5.75 Å². The molecule has 1 amide bonds. The van der Waals surface area contributed by atoms with Crippen molar-refractivity contribution in [1.29, 1.82) is 0 Å². The van der Waals surface area contributed by atoms with E-state index in [1.807, 2.05) is 19.9 Å². The molecule has 1 aliphatic rings. The van der Waals surface area contributed by atoms with Crippen LogP contribution in [-0.4, -0.2) is 24.1 Å². The van der Waals surface area contributed by atoms with Crippen molar-refractivity contribution < 1.29 is 19.4 Å². The third-order valence-corrected chi connectivity index (χ3v) is 4.14. The molecule has 0 aromatic heterocycles. The van der Waals surface area contributed by atoms with Crippen LogP contribution in [0.5, 0.6) is 5.75 Å². The minimum Gasteiger partial charge on any atom is -0.497 e. The number of anilines is 1. The molecule has 0 saturated heterocycles. The quantitative estimate of drug-likeness (QED) is 0.894. The minimum absolute atomic E-state index is 0.208. The number of aliphatic carboxylic acids is 1. The van der Waals surface area contributed by atoms with E-state index in [1.165, 1.54) is 0 Å². The summed E-state index contributed by atoms with van der Waals surface area (Å²) in [5.41, 5.74) is 1.59. The molecule has 2 N–H and O–H groups in total. The van der Waals surface area contributed by atoms with Gasteiger partial charge in [-0.3, -0.25) is 9.59 Å². The van der Waals surface area contributed by atoms with Crippen LogP contribution in [0.1, 0.15) is 25.3 Å². The largest absolute Gasteiger partial charge is 0.497 e. The van der Waals surface area contributed by atoms with Crippen molar-refractivity contribution in [2.45, 2.75) is 26.7 Å². The summed E-state index contributed by atoms with van der Waals surface area (Å²) in [6.45, 7) is 3.87. The lowest BCUT2D eigenvalue weighted by atomic mass is 9.95. The summed E-state index contributed by atoms with van der Waals surface area (Å²) in [7, 11) is 1.59. The smallest absolute Gasteiger partial charge is 0.307 e. The molecule has 21 heavy (non-hydrogen) atoms. The van der Waals surface area contributed by atoms with Crippen molar-refractivity contribution >= 4 is 17.6 Å². The highest BCUT2D eigenvalue weighted by Crippen LogP contribution is 2.37. The normalized spacial score (nSPS) is 24.6. The number of benzene rings is 1. The summed E-state index contributed by atoms with van der Waals surface area (Å²) in [6.07, 6.45) is 1.19. The zero-order chi connectivity index (χ0) is 15.6. The maximum Gasteiger partial charge on any atom is 0.307 e. The number of ether oxygens (including phenoxy) is 1. The monoisotopic (exact) mass is 291 g/mol. The number of methoxy groups -OCH3 is 1. The molecule has 0 aliphatic heterocycles. The first-order valence-electron chi connectivity index (χ1n) is 7.10. The zero-order valence-corrected chi connectivity index (χ0v) is 12.6. The van der Waals surface area contributed by atoms with E-state index in [9.17, 15) is 14.7 Å². The number of rotatable bonds is 4. The summed E-state index contributed by atoms with van der Waals surface area (Å²) in [5.74, 6) is -1.15. The summed E-state index contributed by atoms with van der Waals surface area (Å²) in [6, 6.07) is 5.39. The number of carbonyl (C=O) groups excluding carboxylic acids is 1. The highest BCUT2D eigenvalue weighted by molar-refractivity contribution is 5.96. The average molecular weight is 291 g/mol. The second kappa shape index (κ2) is 6.16. The van der Waals surface area contributed by atoms with Gasteiger partial charge in [-0.15, -0.1) is 0 Å². The van der Waals surface area contributed by atoms with Crippen molar-refractivity contribution in [2.75, 3.05) is 12.4 Å². The van der Waals surface area contributed by atoms with Crippen LogP contribution < -0.4 is 10.1 Å². The van der Waals surface area contributed by atoms with Gasteiger partial charge >= 0.3 is 5.97 Å². The molecule has 1 aliphatic carbocycles. The fraction of sp³-hybridized carbons (Fsp3) is 0.500. The van der Waals surface area contributed by atoms with Gasteiger partial charge in [-0.2, -0.15) is 0 Å². The fourth-order valence-electron chi connectivity index (χ4n) is 2.98. The number of hydrogen-bond acceptors (Lipinski definition) is 3. The Morgan fingerprint density at radius 1 is 1.29 bits per heavy atom. The fourth-order valence-corrected chi connectivity index (χ4v) is 2.98. The first-order valence-corrected chi connectivity index (χ1v) is 7.10. The van der Waals surface area contributed by atoms with E-state index in [2.05, 4.69) is 5.32 Å². The van der Waals surface area contributed by atoms with E-state index >= 15 is 0 Å². The molecule has 2 rings (SSSR count). The third-order valence-electron chi connectivity index (χ3n) is 4.14. The van der Waals surface area contributed by atoms with Gasteiger partial charge in [-0.25, -0.2) is 0 Å². The highest BCUT2D eigenvalue weighted by atomic mass is 16.5. The Balaban J connectivity index is 2.12. The standard InChI is InChI=1S/C16H21NO4/c1-9-6-12(13(7-9)16(19)20)15(18)17-14-5-4-11(21-3)8-10(14)2/h4-5,8-9,12-13H,6-7H2,1-3H3,(H,17,18)(H,19,20)/t9?,12-,13+/m0/s1. The van der Waals surface area contributed by atoms with Crippen LogP contribution in [0.25, 0.3) is 0 Å². The Labute approximate surface area is 124 Å². The van der Waals surface area contributed by atoms with Crippen molar-refractivity contribution in [3.05, 3.63) is 23.8 Å². The van der Waals surface area contributed by atoms with Gasteiger partial charge in [0, 0.05) is 5.69 Å². The Bertz CT molecular complexity index is 555. The summed E-state index contributed by atoms with van der Waals surface area (Å²) in [5, 5.41) is 12.1. The van der Waals surface area contributed by atoms with Crippen LogP contribution in [0.15, 0.2) is 18.2 Å². The van der Waals surface area contributed by atoms with E-state index in [0.29, 0.717) is 18.5 Å². The number of carboxylic acids is 1. The first kappa shape index (κ1) is 15.4. The molecule has 0 bridgehead atoms. The van der Waals surface area contributed by atoms with Gasteiger partial charge in [-0.05, 0) is 49.4 Å². The average Bonchev–Trinajstić information content (AvgIpc) is 2.83. The molecule has 1 fully saturated rings. The van der Waals surface area contributed by atoms with Gasteiger partial charge < -0.3 is 15.2 Å². The van der Waals surface area contributed by atoms with Gasteiger partial charge in [0.15, 0.2) is 0 Å². The number of carboxylic acid groups (broad SMARTS) is 1. The maximum absolute atomic E-state index is 12.4. The number of hydrogen-bond donors (Lipinski definition) is 2. The third kappa shape index (κ3) is 3.35. The Hall–Kier alpha value is -2.04. The van der Waals surface area contributed by atoms with Crippen LogP contribution in [-0.2, 0) is 9.59 Å². The van der Waals surface area contributed by atoms with E-state index < -0.39 is 17.8 Å². The Kier molecular flexibility index (Phi) is 4.50. The van der Waals surface area contributed by atoms with Crippen LogP contribution in [0.2, 0.25) is 0 Å². The van der Waals surface area contributed by atoms with Crippen LogP contribution in [0, 0.1) is 24.7 Å². The molecule has 0 radical (unpaired) electrons. The van der Waals surface area contributed by atoms with Crippen molar-refractivity contribution in [1.82, 2.24) is 0 Å². The SMILES string of the molecule is COc1ccc(NC(=O)[C@H]2CC(C)C[C@H]2C(=O)O)c(C)c1. The highest BCUT2D eigenvalue weighted by Gasteiger charge is 2.41. The molecule has 114 valence electrons. The van der Waals surface area contributed by atoms with Crippen molar-refractivity contribution in [3.63, 3.8) is 0 Å². The molecule has 0 heterocycles. The molecular formula is C16H21NO4. The van der Waals surface area contributed by atoms with Crippen LogP contribution in [0.3, 0.4) is 0 Å². The molecule has 1 unspecified atom stereocenters. The number of nitrogens with one attached hydrogen (secondary N) is 1. The van der Waals surface area contributed by atoms with Crippen molar-refractivity contribution in [3.8, 4) is 5.75 Å². The van der Waals surface area contributed by atoms with E-state index in [1.54, 1.807) is 19.2 Å². The predicted molar refractivity (Wildman–Crippen MR) is 79.4 cm³/mol. The van der Waals surface area contributed by atoms with Gasteiger partial charge in [0.05, 0.1) is 18.9 Å². The van der Waals surface area contributed by atoms with E-state index in [-0.39, 0.29) is 11.8 Å². The predicted octanol–water partition coefficient (Wildman–Crippen LogP) is 2.69. The molecule has 3 atom stereocenters. The number of carbonyl (C=O) groups is 2. The summed E-state index contributed by atoms with van der Waals surface area (Å²) >= 11 is 0. The lowest BCUT2D eigenvalue weighted by Crippen LogP contribution is -2.30. The Morgan fingerprint density at radius 3 is 2.52 bits per heavy atom. The van der Waals surface area contributed by atoms with E-state index in [4.69, 9.17) is 4.74 Å². The lowest BCUT2D eigenvalue weighted by molar-refractivity contribution is -0.145. The Morgan fingerprint density at radius 2 is 1.95 bits per heavy atom. The summed E-state index contributed by atoms with van der Waals surface area (Å²) < 4.78 is 5.13. The molecule has 5 heteroatoms. The van der Waals surface area contributed by atoms with Gasteiger partial charge in [-0.1, -0.05) is 6.92 Å². The van der Waals surface area contributed by atoms with Gasteiger partial charge in [0.2, 0.25) is 5.91 Å². The number of amides is 1. The lowest BCUT2D eigenvalue weighted by Gasteiger charge is -2.17. The second-order valence-electron chi connectivity index (χ2n) is 5.80. The topological polar surface area (TPSA) is 75.6 Å². The zero-order valence-electron chi connectivity index (χ0n) is 12.6. The van der Waals surface area contributed by atoms with Crippen LogP contribution >= 0.6 is 0 Å². The van der Waals surface area contributed by atoms with Crippen LogP contribution in [0.4, 0.5) is 5.69 Å². The minimum atomic E-state index is -0.883. The van der Waals surface area contributed by atoms with E-state index in [0.717, 1.165) is 11.3 Å². The second-order valence-corrected chi connectivity index (χ2v) is 5.80. The molecular weight excluding hydrogens is 270 g/mol. The molecule has 5 nitrogen and oxygen atoms in total. The molecule has 1 aromatic rings. The first-order chi connectivity index (χ1) is 9.92. The molecule has 1 aromatic carbocycles. The number of aryl methyl sites for hydroxylation is 1. The maximum atomic E-state index is 12.4. The molecule has 0 spiro atoms. The van der Waals surface area contributed by atoms with Gasteiger partial charge in [0.25, 0.3) is 0 Å².